The number of hydrogen-bond donors (Lipinski definition) is 2. The molecule has 2 aromatic heterocycles. The third-order valence-corrected chi connectivity index (χ3v) is 7.62. The molecule has 3 heterocycles. The van der Waals surface area contributed by atoms with Crippen molar-refractivity contribution in [3.8, 4) is 0 Å². The number of imidazole rings is 1. The van der Waals surface area contributed by atoms with Crippen LogP contribution in [0.1, 0.15) is 50.0 Å². The van der Waals surface area contributed by atoms with Crippen molar-refractivity contribution in [3.63, 3.8) is 0 Å². The van der Waals surface area contributed by atoms with Crippen LogP contribution in [0.25, 0.3) is 5.65 Å². The van der Waals surface area contributed by atoms with Crippen molar-refractivity contribution < 1.29 is 18.0 Å². The van der Waals surface area contributed by atoms with Gasteiger partial charge in [-0.25, -0.2) is 9.50 Å². The van der Waals surface area contributed by atoms with E-state index in [4.69, 9.17) is 5.73 Å². The number of nitrogens with zero attached hydrogens (tertiary/aromatic N) is 3. The van der Waals surface area contributed by atoms with E-state index in [-0.39, 0.29) is 36.8 Å². The second-order valence-electron chi connectivity index (χ2n) is 9.60. The Morgan fingerprint density at radius 2 is 2.10 bits per heavy atom. The summed E-state index contributed by atoms with van der Waals surface area (Å²) in [5.41, 5.74) is 8.76. The quantitative estimate of drug-likeness (QED) is 0.795. The Balaban J connectivity index is 1.34. The van der Waals surface area contributed by atoms with Crippen LogP contribution in [0.4, 0.5) is 13.2 Å². The molecule has 2 aromatic rings. The van der Waals surface area contributed by atoms with E-state index in [1.165, 1.54) is 0 Å². The van der Waals surface area contributed by atoms with Crippen LogP contribution in [-0.4, -0.2) is 33.2 Å². The number of rotatable bonds is 4. The van der Waals surface area contributed by atoms with Crippen LogP contribution in [0.5, 0.6) is 0 Å². The lowest BCUT2D eigenvalue weighted by molar-refractivity contribution is -0.183. The smallest absolute Gasteiger partial charge is 0.355 e. The lowest BCUT2D eigenvalue weighted by Gasteiger charge is -2.42. The summed E-state index contributed by atoms with van der Waals surface area (Å²) in [4.78, 5) is 16.7. The molecule has 4 aliphatic rings. The summed E-state index contributed by atoms with van der Waals surface area (Å²) in [5, 5.41) is 6.89. The average molecular weight is 421 g/mol. The van der Waals surface area contributed by atoms with Crippen molar-refractivity contribution in [1.29, 1.82) is 0 Å². The first-order chi connectivity index (χ1) is 14.1. The molecule has 4 fully saturated rings. The van der Waals surface area contributed by atoms with Gasteiger partial charge in [-0.2, -0.15) is 18.3 Å². The predicted octanol–water partition coefficient (Wildman–Crippen LogP) is 3.02. The largest absolute Gasteiger partial charge is 0.393 e. The number of alkyl halides is 3. The number of aromatic nitrogens is 3. The van der Waals surface area contributed by atoms with Crippen LogP contribution < -0.4 is 11.1 Å². The zero-order valence-electron chi connectivity index (χ0n) is 16.8. The third kappa shape index (κ3) is 3.18. The number of carbonyl (C=O) groups excluding carboxylic acids is 1. The average Bonchev–Trinajstić information content (AvgIpc) is 3.31. The van der Waals surface area contributed by atoms with Crippen molar-refractivity contribution in [2.24, 2.45) is 34.8 Å². The van der Waals surface area contributed by atoms with E-state index in [1.807, 2.05) is 6.20 Å². The summed E-state index contributed by atoms with van der Waals surface area (Å²) >= 11 is 0. The molecule has 162 valence electrons. The van der Waals surface area contributed by atoms with E-state index < -0.39 is 18.0 Å². The van der Waals surface area contributed by atoms with Crippen LogP contribution >= 0.6 is 0 Å². The fourth-order valence-corrected chi connectivity index (χ4v) is 5.83. The molecule has 0 aromatic carbocycles. The molecule has 1 aliphatic heterocycles. The maximum Gasteiger partial charge on any atom is 0.393 e. The molecule has 3 saturated carbocycles. The SMILES string of the molecule is C[C@H]1CC2([C@H](N)c3cn4nc(CC5C[C@@H](C(F)(F)F)CNC5=O)ccc4n3)CC1C2. The van der Waals surface area contributed by atoms with Gasteiger partial charge in [0.1, 0.15) is 0 Å². The van der Waals surface area contributed by atoms with Crippen LogP contribution in [-0.2, 0) is 11.2 Å². The predicted molar refractivity (Wildman–Crippen MR) is 103 cm³/mol. The molecule has 0 spiro atoms. The van der Waals surface area contributed by atoms with Gasteiger partial charge in [0.15, 0.2) is 5.65 Å². The van der Waals surface area contributed by atoms with Gasteiger partial charge in [-0.1, -0.05) is 6.92 Å². The number of nitrogens with two attached hydrogens (primary N) is 1. The molecular weight excluding hydrogens is 395 g/mol. The van der Waals surface area contributed by atoms with Gasteiger partial charge in [-0.3, -0.25) is 4.79 Å². The minimum absolute atomic E-state index is 0.137. The maximum absolute atomic E-state index is 13.1. The summed E-state index contributed by atoms with van der Waals surface area (Å²) in [6, 6.07) is 3.39. The minimum atomic E-state index is -4.31. The highest BCUT2D eigenvalue weighted by molar-refractivity contribution is 5.79. The highest BCUT2D eigenvalue weighted by Crippen LogP contribution is 2.65. The van der Waals surface area contributed by atoms with Crippen molar-refractivity contribution in [2.45, 2.75) is 51.2 Å². The van der Waals surface area contributed by atoms with Crippen LogP contribution in [0.15, 0.2) is 18.3 Å². The molecule has 9 heteroatoms. The number of amides is 1. The second-order valence-corrected chi connectivity index (χ2v) is 9.60. The Bertz CT molecular complexity index is 981. The molecule has 1 saturated heterocycles. The lowest BCUT2D eigenvalue weighted by Crippen LogP contribution is -2.47. The van der Waals surface area contributed by atoms with E-state index in [1.54, 1.807) is 16.6 Å². The van der Waals surface area contributed by atoms with E-state index >= 15 is 0 Å². The van der Waals surface area contributed by atoms with Gasteiger partial charge in [-0.15, -0.1) is 0 Å². The standard InChI is InChI=1S/C21H26F3N5O/c1-11-6-20(7-13(11)8-20)18(25)16-10-29-17(27-16)3-2-15(28-29)5-12-4-14(21(22,23)24)9-26-19(12)30/h2-3,10-14,18H,4-9,25H2,1H3,(H,26,30)/t11-,12?,13?,14+,18+,20?/m0/s1. The van der Waals surface area contributed by atoms with Gasteiger partial charge < -0.3 is 11.1 Å². The molecule has 1 unspecified atom stereocenters. The minimum Gasteiger partial charge on any atom is -0.355 e. The molecule has 4 atom stereocenters. The van der Waals surface area contributed by atoms with Crippen molar-refractivity contribution in [1.82, 2.24) is 19.9 Å². The Hall–Kier alpha value is -2.16. The second kappa shape index (κ2) is 6.67. The van der Waals surface area contributed by atoms with Crippen molar-refractivity contribution >= 4 is 11.6 Å². The molecule has 3 N–H and O–H groups in total. The summed E-state index contributed by atoms with van der Waals surface area (Å²) in [6.07, 6.45) is 0.902. The summed E-state index contributed by atoms with van der Waals surface area (Å²) in [6.45, 7) is 1.93. The number of nitrogens with one attached hydrogen (secondary N) is 1. The third-order valence-electron chi connectivity index (χ3n) is 7.62. The lowest BCUT2D eigenvalue weighted by atomic mass is 9.64. The molecule has 1 amide bonds. The van der Waals surface area contributed by atoms with E-state index in [9.17, 15) is 18.0 Å². The van der Waals surface area contributed by atoms with Gasteiger partial charge in [0.2, 0.25) is 5.91 Å². The van der Waals surface area contributed by atoms with E-state index in [0.29, 0.717) is 17.3 Å². The fraction of sp³-hybridized carbons (Fsp3) is 0.667. The molecule has 3 aliphatic carbocycles. The number of carbonyl (C=O) groups is 1. The Morgan fingerprint density at radius 3 is 2.77 bits per heavy atom. The molecule has 6 nitrogen and oxygen atoms in total. The Labute approximate surface area is 172 Å². The first kappa shape index (κ1) is 19.8. The highest BCUT2D eigenvalue weighted by Gasteiger charge is 2.57. The Kier molecular flexibility index (Phi) is 4.40. The van der Waals surface area contributed by atoms with Crippen molar-refractivity contribution in [2.75, 3.05) is 6.54 Å². The topological polar surface area (TPSA) is 85.3 Å². The number of halogens is 3. The molecule has 30 heavy (non-hydrogen) atoms. The fourth-order valence-electron chi connectivity index (χ4n) is 5.83. The number of fused-ring (bicyclic) bond motifs is 2. The first-order valence-corrected chi connectivity index (χ1v) is 10.6. The summed E-state index contributed by atoms with van der Waals surface area (Å²) in [7, 11) is 0. The summed E-state index contributed by atoms with van der Waals surface area (Å²) < 4.78 is 40.8. The Morgan fingerprint density at radius 1 is 1.33 bits per heavy atom. The highest BCUT2D eigenvalue weighted by atomic mass is 19.4. The normalized spacial score (nSPS) is 34.6. The monoisotopic (exact) mass is 421 g/mol. The van der Waals surface area contributed by atoms with Gasteiger partial charge in [0.05, 0.1) is 29.5 Å². The number of piperidine rings is 1. The maximum atomic E-state index is 13.1. The van der Waals surface area contributed by atoms with Gasteiger partial charge >= 0.3 is 6.18 Å². The number of hydrogen-bond acceptors (Lipinski definition) is 4. The van der Waals surface area contributed by atoms with Crippen LogP contribution in [0.3, 0.4) is 0 Å². The first-order valence-electron chi connectivity index (χ1n) is 10.6. The molecule has 6 rings (SSSR count). The van der Waals surface area contributed by atoms with Gasteiger partial charge in [0.25, 0.3) is 0 Å². The molecule has 2 bridgehead atoms. The van der Waals surface area contributed by atoms with Gasteiger partial charge in [0, 0.05) is 18.9 Å². The van der Waals surface area contributed by atoms with Crippen molar-refractivity contribution in [3.05, 3.63) is 29.7 Å². The van der Waals surface area contributed by atoms with Gasteiger partial charge in [-0.05, 0) is 55.1 Å². The zero-order valence-corrected chi connectivity index (χ0v) is 16.8. The molecular formula is C21H26F3N5O. The zero-order chi connectivity index (χ0) is 21.3. The molecule has 0 radical (unpaired) electrons. The van der Waals surface area contributed by atoms with Crippen LogP contribution in [0, 0.1) is 29.1 Å². The van der Waals surface area contributed by atoms with Crippen LogP contribution in [0.2, 0.25) is 0 Å². The van der Waals surface area contributed by atoms with E-state index in [0.717, 1.165) is 30.9 Å². The summed E-state index contributed by atoms with van der Waals surface area (Å²) in [5.74, 6) is -1.12. The van der Waals surface area contributed by atoms with E-state index in [2.05, 4.69) is 22.3 Å².